The fraction of sp³-hybridized carbons (Fsp3) is 0.421. The van der Waals surface area contributed by atoms with Crippen molar-refractivity contribution in [1.29, 1.82) is 0 Å². The van der Waals surface area contributed by atoms with E-state index in [1.54, 1.807) is 10.7 Å². The maximum atomic E-state index is 13.7. The zero-order valence-electron chi connectivity index (χ0n) is 14.9. The van der Waals surface area contributed by atoms with E-state index in [4.69, 9.17) is 4.98 Å². The lowest BCUT2D eigenvalue weighted by Gasteiger charge is -2.18. The highest BCUT2D eigenvalue weighted by atomic mass is 19.1. The highest BCUT2D eigenvalue weighted by molar-refractivity contribution is 5.89. The summed E-state index contributed by atoms with van der Waals surface area (Å²) in [5.74, 6) is 1.56. The minimum atomic E-state index is -0.812. The Labute approximate surface area is 155 Å². The maximum absolute atomic E-state index is 13.7. The Morgan fingerprint density at radius 3 is 2.89 bits per heavy atom. The molecule has 3 fully saturated rings. The number of nitrogens with one attached hydrogen (secondary N) is 2. The fourth-order valence-electron chi connectivity index (χ4n) is 3.59. The number of hydrogen-bond acceptors (Lipinski definition) is 5. The van der Waals surface area contributed by atoms with Gasteiger partial charge in [0.2, 0.25) is 5.91 Å². The standard InChI is InChI=1S/C19H21FN6O/c1-11-12(7-18(27)22-11)6-13-9-21-26-17(23-15-2-3-15)8-16(24-19(13)26)25-5-4-14(20)10-25/h6,8-9,14-15,23H,1-5,7,10H2,(H,22,27)/b12-6+. The molecule has 1 atom stereocenters. The number of rotatable bonds is 4. The van der Waals surface area contributed by atoms with Crippen LogP contribution >= 0.6 is 0 Å². The number of anilines is 2. The van der Waals surface area contributed by atoms with Crippen molar-refractivity contribution >= 4 is 29.3 Å². The normalized spacial score (nSPS) is 24.3. The van der Waals surface area contributed by atoms with Crippen LogP contribution in [0.25, 0.3) is 11.7 Å². The Balaban J connectivity index is 1.59. The van der Waals surface area contributed by atoms with Crippen molar-refractivity contribution in [3.8, 4) is 0 Å². The molecule has 8 heteroatoms. The van der Waals surface area contributed by atoms with Crippen molar-refractivity contribution < 1.29 is 9.18 Å². The van der Waals surface area contributed by atoms with Gasteiger partial charge in [-0.1, -0.05) is 6.58 Å². The summed E-state index contributed by atoms with van der Waals surface area (Å²) in [7, 11) is 0. The van der Waals surface area contributed by atoms with Crippen molar-refractivity contribution in [1.82, 2.24) is 19.9 Å². The molecular weight excluding hydrogens is 347 g/mol. The number of fused-ring (bicyclic) bond motifs is 1. The summed E-state index contributed by atoms with van der Waals surface area (Å²) in [6.45, 7) is 4.92. The molecule has 0 spiro atoms. The molecule has 1 amide bonds. The number of aromatic nitrogens is 3. The lowest BCUT2D eigenvalue weighted by molar-refractivity contribution is -0.118. The van der Waals surface area contributed by atoms with E-state index in [1.807, 2.05) is 17.0 Å². The molecule has 2 aromatic heterocycles. The van der Waals surface area contributed by atoms with Gasteiger partial charge < -0.3 is 15.5 Å². The van der Waals surface area contributed by atoms with Crippen LogP contribution in [0.2, 0.25) is 0 Å². The van der Waals surface area contributed by atoms with Gasteiger partial charge in [-0.3, -0.25) is 4.79 Å². The Morgan fingerprint density at radius 2 is 2.22 bits per heavy atom. The summed E-state index contributed by atoms with van der Waals surface area (Å²) in [6, 6.07) is 2.41. The number of carbonyl (C=O) groups is 1. The summed E-state index contributed by atoms with van der Waals surface area (Å²) in [4.78, 5) is 18.3. The molecule has 1 saturated carbocycles. The van der Waals surface area contributed by atoms with Crippen LogP contribution in [0.15, 0.2) is 30.1 Å². The van der Waals surface area contributed by atoms with Crippen LogP contribution in [0, 0.1) is 0 Å². The third-order valence-corrected chi connectivity index (χ3v) is 5.23. The van der Waals surface area contributed by atoms with E-state index < -0.39 is 6.17 Å². The van der Waals surface area contributed by atoms with Crippen LogP contribution in [0.1, 0.15) is 31.2 Å². The Bertz CT molecular complexity index is 976. The highest BCUT2D eigenvalue weighted by Crippen LogP contribution is 2.30. The molecule has 5 rings (SSSR count). The van der Waals surface area contributed by atoms with E-state index in [9.17, 15) is 9.18 Å². The van der Waals surface area contributed by atoms with Crippen LogP contribution < -0.4 is 15.5 Å². The van der Waals surface area contributed by atoms with Gasteiger partial charge in [0.05, 0.1) is 19.2 Å². The second kappa shape index (κ2) is 6.07. The summed E-state index contributed by atoms with van der Waals surface area (Å²) in [6.07, 6.45) is 5.95. The molecule has 2 N–H and O–H groups in total. The number of halogens is 1. The van der Waals surface area contributed by atoms with Crippen molar-refractivity contribution in [3.05, 3.63) is 35.7 Å². The first-order valence-corrected chi connectivity index (χ1v) is 9.31. The van der Waals surface area contributed by atoms with E-state index in [0.717, 1.165) is 35.6 Å². The van der Waals surface area contributed by atoms with Gasteiger partial charge in [-0.25, -0.2) is 9.37 Å². The summed E-state index contributed by atoms with van der Waals surface area (Å²) in [5.41, 5.74) is 2.97. The number of allylic oxidation sites excluding steroid dienone is 1. The van der Waals surface area contributed by atoms with E-state index >= 15 is 0 Å². The largest absolute Gasteiger partial charge is 0.367 e. The third kappa shape index (κ3) is 3.05. The highest BCUT2D eigenvalue weighted by Gasteiger charge is 2.27. The van der Waals surface area contributed by atoms with Crippen LogP contribution in [0.3, 0.4) is 0 Å². The molecule has 1 unspecified atom stereocenters. The summed E-state index contributed by atoms with van der Waals surface area (Å²) >= 11 is 0. The molecule has 3 aliphatic rings. The Hall–Kier alpha value is -2.90. The van der Waals surface area contributed by atoms with Crippen LogP contribution in [-0.2, 0) is 4.79 Å². The van der Waals surface area contributed by atoms with Crippen molar-refractivity contribution in [2.75, 3.05) is 23.3 Å². The molecule has 2 aliphatic heterocycles. The number of nitrogens with zero attached hydrogens (tertiary/aromatic N) is 4. The zero-order valence-corrected chi connectivity index (χ0v) is 14.9. The number of hydrogen-bond donors (Lipinski definition) is 2. The van der Waals surface area contributed by atoms with Gasteiger partial charge in [-0.2, -0.15) is 9.61 Å². The number of amides is 1. The van der Waals surface area contributed by atoms with Gasteiger partial charge in [0.1, 0.15) is 17.8 Å². The van der Waals surface area contributed by atoms with Gasteiger partial charge in [-0.15, -0.1) is 0 Å². The third-order valence-electron chi connectivity index (χ3n) is 5.23. The van der Waals surface area contributed by atoms with Gasteiger partial charge in [0.25, 0.3) is 0 Å². The molecule has 2 aromatic rings. The van der Waals surface area contributed by atoms with Crippen LogP contribution in [0.5, 0.6) is 0 Å². The van der Waals surface area contributed by atoms with Gasteiger partial charge in [0, 0.05) is 29.9 Å². The molecular formula is C19H21FN6O. The van der Waals surface area contributed by atoms with Gasteiger partial charge in [0.15, 0.2) is 5.65 Å². The lowest BCUT2D eigenvalue weighted by Crippen LogP contribution is -2.22. The van der Waals surface area contributed by atoms with Crippen molar-refractivity contribution in [3.63, 3.8) is 0 Å². The molecule has 0 bridgehead atoms. The fourth-order valence-corrected chi connectivity index (χ4v) is 3.59. The van der Waals surface area contributed by atoms with Gasteiger partial charge in [-0.05, 0) is 30.9 Å². The molecule has 27 heavy (non-hydrogen) atoms. The molecule has 7 nitrogen and oxygen atoms in total. The minimum Gasteiger partial charge on any atom is -0.367 e. The average molecular weight is 368 g/mol. The zero-order chi connectivity index (χ0) is 18.5. The Kier molecular flexibility index (Phi) is 3.66. The number of alkyl halides is 1. The van der Waals surface area contributed by atoms with Crippen molar-refractivity contribution in [2.24, 2.45) is 0 Å². The molecule has 0 radical (unpaired) electrons. The first-order chi connectivity index (χ1) is 13.1. The minimum absolute atomic E-state index is 0.0569. The first kappa shape index (κ1) is 16.3. The molecule has 0 aromatic carbocycles. The molecule has 140 valence electrons. The molecule has 4 heterocycles. The quantitative estimate of drug-likeness (QED) is 0.866. The topological polar surface area (TPSA) is 74.6 Å². The van der Waals surface area contributed by atoms with Gasteiger partial charge >= 0.3 is 0 Å². The number of carbonyl (C=O) groups excluding carboxylic acids is 1. The van der Waals surface area contributed by atoms with E-state index in [1.165, 1.54) is 0 Å². The lowest BCUT2D eigenvalue weighted by atomic mass is 10.1. The van der Waals surface area contributed by atoms with E-state index in [-0.39, 0.29) is 5.91 Å². The average Bonchev–Trinajstić information content (AvgIpc) is 3.04. The predicted octanol–water partition coefficient (Wildman–Crippen LogP) is 2.27. The van der Waals surface area contributed by atoms with Crippen LogP contribution in [-0.4, -0.2) is 45.8 Å². The first-order valence-electron chi connectivity index (χ1n) is 9.31. The van der Waals surface area contributed by atoms with Crippen molar-refractivity contribution in [2.45, 2.75) is 37.9 Å². The smallest absolute Gasteiger partial charge is 0.228 e. The summed E-state index contributed by atoms with van der Waals surface area (Å²) < 4.78 is 15.5. The Morgan fingerprint density at radius 1 is 1.37 bits per heavy atom. The second-order valence-electron chi connectivity index (χ2n) is 7.46. The maximum Gasteiger partial charge on any atom is 0.228 e. The SMILES string of the molecule is C=C1NC(=O)C/C1=C\c1cnn2c(NC3CC3)cc(N3CCC(F)C3)nc12. The monoisotopic (exact) mass is 368 g/mol. The molecule has 2 saturated heterocycles. The predicted molar refractivity (Wildman–Crippen MR) is 101 cm³/mol. The molecule has 1 aliphatic carbocycles. The second-order valence-corrected chi connectivity index (χ2v) is 7.46. The van der Waals surface area contributed by atoms with E-state index in [2.05, 4.69) is 22.3 Å². The summed E-state index contributed by atoms with van der Waals surface area (Å²) in [5, 5.41) is 10.7. The van der Waals surface area contributed by atoms with Crippen LogP contribution in [0.4, 0.5) is 16.0 Å². The van der Waals surface area contributed by atoms with E-state index in [0.29, 0.717) is 43.3 Å².